The van der Waals surface area contributed by atoms with E-state index in [1.54, 1.807) is 6.07 Å². The molecule has 2 N–H and O–H groups in total. The first-order valence-electron chi connectivity index (χ1n) is 6.67. The molecule has 0 aliphatic carbocycles. The highest BCUT2D eigenvalue weighted by molar-refractivity contribution is 5.76. The van der Waals surface area contributed by atoms with Crippen molar-refractivity contribution in [1.29, 1.82) is 0 Å². The quantitative estimate of drug-likeness (QED) is 0.741. The summed E-state index contributed by atoms with van der Waals surface area (Å²) in [5.74, 6) is 0.558. The van der Waals surface area contributed by atoms with Gasteiger partial charge in [-0.1, -0.05) is 24.3 Å². The number of rotatable bonds is 3. The van der Waals surface area contributed by atoms with Crippen molar-refractivity contribution >= 4 is 16.7 Å². The van der Waals surface area contributed by atoms with Crippen molar-refractivity contribution in [2.24, 2.45) is 0 Å². The second-order valence-electron chi connectivity index (χ2n) is 4.76. The zero-order valence-electron chi connectivity index (χ0n) is 11.3. The predicted octanol–water partition coefficient (Wildman–Crippen LogP) is 3.37. The van der Waals surface area contributed by atoms with E-state index in [4.69, 9.17) is 5.73 Å². The molecule has 3 rings (SSSR count). The first kappa shape index (κ1) is 12.7. The molecule has 3 aromatic rings. The maximum absolute atomic E-state index is 13.8. The third-order valence-electron chi connectivity index (χ3n) is 3.53. The van der Waals surface area contributed by atoms with Crippen molar-refractivity contribution < 1.29 is 4.39 Å². The standard InChI is InChI=1S/C16H16FN3/c1-2-20-14-9-5-7-12(17)16(14)19-15(20)10-11-6-3-4-8-13(11)18/h3-9H,2,10,18H2,1H3. The third-order valence-corrected chi connectivity index (χ3v) is 3.53. The molecule has 1 heterocycles. The molecular weight excluding hydrogens is 253 g/mol. The molecule has 0 spiro atoms. The van der Waals surface area contributed by atoms with Gasteiger partial charge in [0.2, 0.25) is 0 Å². The van der Waals surface area contributed by atoms with Gasteiger partial charge in [-0.2, -0.15) is 0 Å². The topological polar surface area (TPSA) is 43.8 Å². The lowest BCUT2D eigenvalue weighted by Crippen LogP contribution is -2.04. The summed E-state index contributed by atoms with van der Waals surface area (Å²) in [5.41, 5.74) is 8.98. The summed E-state index contributed by atoms with van der Waals surface area (Å²) in [4.78, 5) is 4.45. The molecule has 0 amide bonds. The third kappa shape index (κ3) is 2.03. The number of para-hydroxylation sites is 2. The van der Waals surface area contributed by atoms with Gasteiger partial charge in [0.25, 0.3) is 0 Å². The molecule has 0 saturated heterocycles. The molecule has 0 unspecified atom stereocenters. The van der Waals surface area contributed by atoms with Gasteiger partial charge in [-0.3, -0.25) is 0 Å². The van der Waals surface area contributed by atoms with Crippen LogP contribution in [0.25, 0.3) is 11.0 Å². The molecule has 0 saturated carbocycles. The van der Waals surface area contributed by atoms with Crippen LogP contribution in [0.15, 0.2) is 42.5 Å². The van der Waals surface area contributed by atoms with E-state index >= 15 is 0 Å². The molecule has 4 heteroatoms. The summed E-state index contributed by atoms with van der Waals surface area (Å²) in [6.07, 6.45) is 0.606. The van der Waals surface area contributed by atoms with Crippen LogP contribution in [0, 0.1) is 5.82 Å². The van der Waals surface area contributed by atoms with Gasteiger partial charge in [0.05, 0.1) is 5.52 Å². The number of hydrogen-bond donors (Lipinski definition) is 1. The molecule has 3 nitrogen and oxygen atoms in total. The van der Waals surface area contributed by atoms with Gasteiger partial charge in [0, 0.05) is 18.7 Å². The Morgan fingerprint density at radius 3 is 2.70 bits per heavy atom. The maximum Gasteiger partial charge on any atom is 0.151 e. The lowest BCUT2D eigenvalue weighted by atomic mass is 10.1. The normalized spacial score (nSPS) is 11.1. The Hall–Kier alpha value is -2.36. The molecule has 0 aliphatic heterocycles. The summed E-state index contributed by atoms with van der Waals surface area (Å²) in [5, 5.41) is 0. The van der Waals surface area contributed by atoms with Gasteiger partial charge in [-0.05, 0) is 30.7 Å². The van der Waals surface area contributed by atoms with Crippen molar-refractivity contribution in [3.63, 3.8) is 0 Å². The van der Waals surface area contributed by atoms with Crippen LogP contribution < -0.4 is 5.73 Å². The van der Waals surface area contributed by atoms with E-state index in [1.165, 1.54) is 6.07 Å². The zero-order chi connectivity index (χ0) is 14.1. The molecule has 1 aromatic heterocycles. The van der Waals surface area contributed by atoms with E-state index in [2.05, 4.69) is 4.98 Å². The first-order chi connectivity index (χ1) is 9.70. The van der Waals surface area contributed by atoms with Crippen molar-refractivity contribution in [3.05, 3.63) is 59.7 Å². The molecule has 0 radical (unpaired) electrons. The Kier molecular flexibility index (Phi) is 3.14. The van der Waals surface area contributed by atoms with E-state index in [1.807, 2.05) is 41.8 Å². The Morgan fingerprint density at radius 1 is 1.15 bits per heavy atom. The molecule has 0 aliphatic rings. The van der Waals surface area contributed by atoms with Crippen LogP contribution in [0.4, 0.5) is 10.1 Å². The van der Waals surface area contributed by atoms with Gasteiger partial charge in [-0.25, -0.2) is 9.37 Å². The smallest absolute Gasteiger partial charge is 0.151 e. The van der Waals surface area contributed by atoms with Gasteiger partial charge in [0.1, 0.15) is 11.3 Å². The number of anilines is 1. The lowest BCUT2D eigenvalue weighted by molar-refractivity contribution is 0.637. The number of halogens is 1. The van der Waals surface area contributed by atoms with Gasteiger partial charge in [0.15, 0.2) is 5.82 Å². The molecule has 20 heavy (non-hydrogen) atoms. The highest BCUT2D eigenvalue weighted by Gasteiger charge is 2.13. The molecule has 2 aromatic carbocycles. The average molecular weight is 269 g/mol. The van der Waals surface area contributed by atoms with E-state index < -0.39 is 0 Å². The Bertz CT molecular complexity index is 762. The van der Waals surface area contributed by atoms with E-state index in [0.717, 1.165) is 29.1 Å². The van der Waals surface area contributed by atoms with Crippen molar-refractivity contribution in [2.45, 2.75) is 19.9 Å². The number of nitrogens with zero attached hydrogens (tertiary/aromatic N) is 2. The molecule has 0 fully saturated rings. The average Bonchev–Trinajstić information content (AvgIpc) is 2.80. The summed E-state index contributed by atoms with van der Waals surface area (Å²) in [6.45, 7) is 2.78. The van der Waals surface area contributed by atoms with Gasteiger partial charge < -0.3 is 10.3 Å². The van der Waals surface area contributed by atoms with E-state index in [9.17, 15) is 4.39 Å². The van der Waals surface area contributed by atoms with Gasteiger partial charge in [-0.15, -0.1) is 0 Å². The highest BCUT2D eigenvalue weighted by Crippen LogP contribution is 2.22. The van der Waals surface area contributed by atoms with Crippen molar-refractivity contribution in [3.8, 4) is 0 Å². The second kappa shape index (κ2) is 4.96. The van der Waals surface area contributed by atoms with Crippen molar-refractivity contribution in [2.75, 3.05) is 5.73 Å². The fourth-order valence-corrected chi connectivity index (χ4v) is 2.51. The minimum atomic E-state index is -0.281. The Labute approximate surface area is 116 Å². The van der Waals surface area contributed by atoms with Crippen LogP contribution in [0.3, 0.4) is 0 Å². The number of nitrogens with two attached hydrogens (primary N) is 1. The number of fused-ring (bicyclic) bond motifs is 1. The number of nitrogen functional groups attached to an aromatic ring is 1. The van der Waals surface area contributed by atoms with Gasteiger partial charge >= 0.3 is 0 Å². The van der Waals surface area contributed by atoms with E-state index in [0.29, 0.717) is 11.9 Å². The Morgan fingerprint density at radius 2 is 1.95 bits per heavy atom. The maximum atomic E-state index is 13.8. The molecule has 0 atom stereocenters. The zero-order valence-corrected chi connectivity index (χ0v) is 11.3. The fraction of sp³-hybridized carbons (Fsp3) is 0.188. The fourth-order valence-electron chi connectivity index (χ4n) is 2.51. The number of benzene rings is 2. The SMILES string of the molecule is CCn1c(Cc2ccccc2N)nc2c(F)cccc21. The van der Waals surface area contributed by atoms with Crippen LogP contribution in [-0.4, -0.2) is 9.55 Å². The second-order valence-corrected chi connectivity index (χ2v) is 4.76. The summed E-state index contributed by atoms with van der Waals surface area (Å²) in [7, 11) is 0. The minimum absolute atomic E-state index is 0.281. The van der Waals surface area contributed by atoms with Crippen LogP contribution in [0.5, 0.6) is 0 Å². The minimum Gasteiger partial charge on any atom is -0.398 e. The number of imidazole rings is 1. The number of aromatic nitrogens is 2. The summed E-state index contributed by atoms with van der Waals surface area (Å²) < 4.78 is 15.9. The predicted molar refractivity (Wildman–Crippen MR) is 79.0 cm³/mol. The summed E-state index contributed by atoms with van der Waals surface area (Å²) >= 11 is 0. The first-order valence-corrected chi connectivity index (χ1v) is 6.67. The summed E-state index contributed by atoms with van der Waals surface area (Å²) in [6, 6.07) is 12.8. The molecule has 102 valence electrons. The number of aryl methyl sites for hydroxylation is 1. The largest absolute Gasteiger partial charge is 0.398 e. The monoisotopic (exact) mass is 269 g/mol. The van der Waals surface area contributed by atoms with Crippen LogP contribution >= 0.6 is 0 Å². The molecular formula is C16H16FN3. The van der Waals surface area contributed by atoms with Crippen LogP contribution in [0.1, 0.15) is 18.3 Å². The van der Waals surface area contributed by atoms with Crippen molar-refractivity contribution in [1.82, 2.24) is 9.55 Å². The lowest BCUT2D eigenvalue weighted by Gasteiger charge is -2.07. The van der Waals surface area contributed by atoms with Crippen LogP contribution in [-0.2, 0) is 13.0 Å². The van der Waals surface area contributed by atoms with Crippen LogP contribution in [0.2, 0.25) is 0 Å². The van der Waals surface area contributed by atoms with E-state index in [-0.39, 0.29) is 5.82 Å². The highest BCUT2D eigenvalue weighted by atomic mass is 19.1. The number of hydrogen-bond acceptors (Lipinski definition) is 2. The molecule has 0 bridgehead atoms. The Balaban J connectivity index is 2.12.